The number of hydrogen-bond donors (Lipinski definition) is 2. The third kappa shape index (κ3) is 3.88. The third-order valence-electron chi connectivity index (χ3n) is 3.08. The molecule has 0 saturated carbocycles. The average molecular weight is 302 g/mol. The van der Waals surface area contributed by atoms with Gasteiger partial charge in [0.15, 0.2) is 0 Å². The quantitative estimate of drug-likeness (QED) is 0.906. The van der Waals surface area contributed by atoms with E-state index in [2.05, 4.69) is 26.6 Å². The van der Waals surface area contributed by atoms with E-state index in [1.165, 1.54) is 6.33 Å². The predicted molar refractivity (Wildman–Crippen MR) is 86.2 cm³/mol. The molecule has 110 valence electrons. The maximum absolute atomic E-state index is 12.0. The molecule has 2 rings (SSSR count). The van der Waals surface area contributed by atoms with Crippen LogP contribution in [0.1, 0.15) is 31.9 Å². The highest BCUT2D eigenvalue weighted by Gasteiger charge is 2.23. The molecule has 0 spiro atoms. The van der Waals surface area contributed by atoms with Gasteiger partial charge in [-0.15, -0.1) is 0 Å². The van der Waals surface area contributed by atoms with Crippen LogP contribution in [0.5, 0.6) is 0 Å². The zero-order valence-corrected chi connectivity index (χ0v) is 13.1. The highest BCUT2D eigenvalue weighted by atomic mass is 32.1. The van der Waals surface area contributed by atoms with Gasteiger partial charge < -0.3 is 5.32 Å². The van der Waals surface area contributed by atoms with Crippen LogP contribution < -0.4 is 10.6 Å². The Morgan fingerprint density at radius 2 is 2.14 bits per heavy atom. The predicted octanol–water partition coefficient (Wildman–Crippen LogP) is 3.63. The lowest BCUT2D eigenvalue weighted by Gasteiger charge is -2.27. The molecule has 0 saturated heterocycles. The van der Waals surface area contributed by atoms with Crippen LogP contribution in [0.25, 0.3) is 5.57 Å². The molecule has 0 aliphatic carbocycles. The highest BCUT2D eigenvalue weighted by Crippen LogP contribution is 2.23. The normalized spacial score (nSPS) is 11.0. The van der Waals surface area contributed by atoms with Gasteiger partial charge in [-0.05, 0) is 38.0 Å². The van der Waals surface area contributed by atoms with Gasteiger partial charge in [-0.2, -0.15) is 4.37 Å². The molecular weight excluding hydrogens is 284 g/mol. The fraction of sp³-hybridized carbons (Fsp3) is 0.267. The summed E-state index contributed by atoms with van der Waals surface area (Å²) in [6, 6.07) is 7.68. The molecule has 2 aromatic rings. The Hall–Kier alpha value is -2.21. The van der Waals surface area contributed by atoms with Gasteiger partial charge in [0.05, 0.1) is 5.54 Å². The van der Waals surface area contributed by atoms with E-state index >= 15 is 0 Å². The molecule has 5 nitrogen and oxygen atoms in total. The van der Waals surface area contributed by atoms with Crippen molar-refractivity contribution in [3.63, 3.8) is 0 Å². The van der Waals surface area contributed by atoms with Crippen LogP contribution in [0.4, 0.5) is 9.93 Å². The fourth-order valence-corrected chi connectivity index (χ4v) is 2.31. The largest absolute Gasteiger partial charge is 0.329 e. The van der Waals surface area contributed by atoms with Crippen LogP contribution >= 0.6 is 11.5 Å². The lowest BCUT2D eigenvalue weighted by Crippen LogP contribution is -2.43. The van der Waals surface area contributed by atoms with Crippen molar-refractivity contribution < 1.29 is 4.79 Å². The van der Waals surface area contributed by atoms with Gasteiger partial charge in [0.1, 0.15) is 6.33 Å². The number of benzene rings is 1. The second-order valence-corrected chi connectivity index (χ2v) is 6.09. The monoisotopic (exact) mass is 302 g/mol. The summed E-state index contributed by atoms with van der Waals surface area (Å²) in [5, 5.41) is 6.07. The van der Waals surface area contributed by atoms with Gasteiger partial charge in [-0.1, -0.05) is 30.4 Å². The summed E-state index contributed by atoms with van der Waals surface area (Å²) in [6.45, 7) is 9.80. The number of rotatable bonds is 4. The molecule has 0 fully saturated rings. The van der Waals surface area contributed by atoms with Crippen LogP contribution in [-0.2, 0) is 5.54 Å². The van der Waals surface area contributed by atoms with Gasteiger partial charge in [-0.3, -0.25) is 5.32 Å². The molecule has 6 heteroatoms. The maximum atomic E-state index is 12.0. The Kier molecular flexibility index (Phi) is 4.37. The van der Waals surface area contributed by atoms with E-state index in [4.69, 9.17) is 0 Å². The average Bonchev–Trinajstić information content (AvgIpc) is 2.91. The summed E-state index contributed by atoms with van der Waals surface area (Å²) in [5.74, 6) is 0. The van der Waals surface area contributed by atoms with Crippen molar-refractivity contribution in [1.82, 2.24) is 14.7 Å². The number of aromatic nitrogens is 2. The molecule has 1 heterocycles. The summed E-state index contributed by atoms with van der Waals surface area (Å²) < 4.78 is 3.84. The highest BCUT2D eigenvalue weighted by molar-refractivity contribution is 7.09. The van der Waals surface area contributed by atoms with Crippen molar-refractivity contribution in [2.45, 2.75) is 26.3 Å². The minimum atomic E-state index is -0.514. The minimum Gasteiger partial charge on any atom is -0.329 e. The molecule has 0 radical (unpaired) electrons. The molecule has 2 N–H and O–H groups in total. The molecule has 0 aliphatic heterocycles. The van der Waals surface area contributed by atoms with Crippen molar-refractivity contribution in [3.05, 3.63) is 48.3 Å². The first-order chi connectivity index (χ1) is 9.88. The van der Waals surface area contributed by atoms with E-state index < -0.39 is 5.54 Å². The summed E-state index contributed by atoms with van der Waals surface area (Å²) in [7, 11) is 0. The van der Waals surface area contributed by atoms with Crippen molar-refractivity contribution in [2.24, 2.45) is 0 Å². The van der Waals surface area contributed by atoms with Gasteiger partial charge in [-0.25, -0.2) is 9.78 Å². The van der Waals surface area contributed by atoms with E-state index in [9.17, 15) is 4.79 Å². The maximum Gasteiger partial charge on any atom is 0.321 e. The summed E-state index contributed by atoms with van der Waals surface area (Å²) in [4.78, 5) is 15.9. The number of nitrogens with one attached hydrogen (secondary N) is 2. The van der Waals surface area contributed by atoms with Gasteiger partial charge in [0, 0.05) is 11.5 Å². The van der Waals surface area contributed by atoms with Crippen LogP contribution in [0.2, 0.25) is 0 Å². The summed E-state index contributed by atoms with van der Waals surface area (Å²) >= 11 is 1.13. The zero-order valence-electron chi connectivity index (χ0n) is 12.3. The van der Waals surface area contributed by atoms with Crippen LogP contribution in [0, 0.1) is 0 Å². The molecule has 0 aliphatic rings. The van der Waals surface area contributed by atoms with E-state index in [-0.39, 0.29) is 6.03 Å². The number of allylic oxidation sites excluding steroid dienone is 1. The van der Waals surface area contributed by atoms with Gasteiger partial charge in [0.25, 0.3) is 0 Å². The van der Waals surface area contributed by atoms with Crippen molar-refractivity contribution >= 4 is 28.3 Å². The number of anilines is 1. The van der Waals surface area contributed by atoms with E-state index in [0.29, 0.717) is 5.13 Å². The SMILES string of the molecule is C=C(C)c1cccc(C(C)(C)NC(=O)Nc2ncns2)c1. The summed E-state index contributed by atoms with van der Waals surface area (Å²) in [5.41, 5.74) is 2.55. The van der Waals surface area contributed by atoms with E-state index in [1.807, 2.05) is 45.0 Å². The van der Waals surface area contributed by atoms with E-state index in [0.717, 1.165) is 28.2 Å². The summed E-state index contributed by atoms with van der Waals surface area (Å²) in [6.07, 6.45) is 1.40. The first-order valence-electron chi connectivity index (χ1n) is 6.51. The molecule has 0 bridgehead atoms. The fourth-order valence-electron chi connectivity index (χ4n) is 1.89. The second kappa shape index (κ2) is 6.05. The van der Waals surface area contributed by atoms with Crippen molar-refractivity contribution in [1.29, 1.82) is 0 Å². The molecule has 1 aromatic heterocycles. The number of carbonyl (C=O) groups is 1. The Bertz CT molecular complexity index is 649. The van der Waals surface area contributed by atoms with Gasteiger partial charge in [0.2, 0.25) is 5.13 Å². The number of hydrogen-bond acceptors (Lipinski definition) is 4. The number of carbonyl (C=O) groups excluding carboxylic acids is 1. The van der Waals surface area contributed by atoms with Crippen LogP contribution in [0.15, 0.2) is 37.2 Å². The number of amides is 2. The van der Waals surface area contributed by atoms with Crippen LogP contribution in [-0.4, -0.2) is 15.4 Å². The number of nitrogens with zero attached hydrogens (tertiary/aromatic N) is 2. The Balaban J connectivity index is 2.12. The van der Waals surface area contributed by atoms with Crippen molar-refractivity contribution in [2.75, 3.05) is 5.32 Å². The number of urea groups is 1. The zero-order chi connectivity index (χ0) is 15.5. The standard InChI is InChI=1S/C15H18N4OS/c1-10(2)11-6-5-7-12(8-11)15(3,4)19-13(20)18-14-16-9-17-21-14/h5-9H,1H2,2-4H3,(H2,16,17,18,19,20). The molecule has 0 unspecified atom stereocenters. The topological polar surface area (TPSA) is 66.9 Å². The third-order valence-corrected chi connectivity index (χ3v) is 3.66. The Labute approximate surface area is 128 Å². The Morgan fingerprint density at radius 1 is 1.38 bits per heavy atom. The Morgan fingerprint density at radius 3 is 2.76 bits per heavy atom. The molecule has 2 amide bonds. The van der Waals surface area contributed by atoms with Crippen molar-refractivity contribution in [3.8, 4) is 0 Å². The van der Waals surface area contributed by atoms with Gasteiger partial charge >= 0.3 is 6.03 Å². The first kappa shape index (κ1) is 15.2. The minimum absolute atomic E-state index is 0.308. The van der Waals surface area contributed by atoms with Crippen LogP contribution in [0.3, 0.4) is 0 Å². The van der Waals surface area contributed by atoms with E-state index in [1.54, 1.807) is 0 Å². The first-order valence-corrected chi connectivity index (χ1v) is 7.28. The second-order valence-electron chi connectivity index (χ2n) is 5.31. The smallest absolute Gasteiger partial charge is 0.321 e. The molecule has 21 heavy (non-hydrogen) atoms. The lowest BCUT2D eigenvalue weighted by atomic mass is 9.92. The molecular formula is C15H18N4OS. The lowest BCUT2D eigenvalue weighted by molar-refractivity contribution is 0.242. The molecule has 0 atom stereocenters. The molecule has 1 aromatic carbocycles.